The Morgan fingerprint density at radius 1 is 1.04 bits per heavy atom. The van der Waals surface area contributed by atoms with E-state index >= 15 is 0 Å². The van der Waals surface area contributed by atoms with Crippen LogP contribution in [-0.4, -0.2) is 44.6 Å². The average molecular weight is 370 g/mol. The molecule has 27 heavy (non-hydrogen) atoms. The van der Waals surface area contributed by atoms with Gasteiger partial charge in [0.1, 0.15) is 5.75 Å². The van der Waals surface area contributed by atoms with Crippen molar-refractivity contribution < 1.29 is 14.3 Å². The fourth-order valence-electron chi connectivity index (χ4n) is 2.65. The lowest BCUT2D eigenvalue weighted by Crippen LogP contribution is -2.36. The molecule has 0 radical (unpaired) electrons. The normalized spacial score (nSPS) is 11.6. The number of hydrogen-bond acceptors (Lipinski definition) is 4. The van der Waals surface area contributed by atoms with Crippen LogP contribution in [0.3, 0.4) is 0 Å². The van der Waals surface area contributed by atoms with Gasteiger partial charge < -0.3 is 25.6 Å². The molecule has 0 saturated carbocycles. The summed E-state index contributed by atoms with van der Waals surface area (Å²) in [6.45, 7) is 1.89. The van der Waals surface area contributed by atoms with Crippen LogP contribution in [0.1, 0.15) is 18.5 Å². The van der Waals surface area contributed by atoms with E-state index in [1.807, 2.05) is 43.3 Å². The number of anilines is 2. The van der Waals surface area contributed by atoms with Crippen LogP contribution in [0.4, 0.5) is 16.2 Å². The first-order valence-corrected chi connectivity index (χ1v) is 8.62. The Hall–Kier alpha value is -3.06. The van der Waals surface area contributed by atoms with Crippen LogP contribution >= 0.6 is 0 Å². The largest absolute Gasteiger partial charge is 0.497 e. The van der Waals surface area contributed by atoms with Gasteiger partial charge in [-0.3, -0.25) is 4.79 Å². The van der Waals surface area contributed by atoms with Crippen molar-refractivity contribution in [1.82, 2.24) is 10.2 Å². The Morgan fingerprint density at radius 3 is 2.22 bits per heavy atom. The van der Waals surface area contributed by atoms with E-state index in [4.69, 9.17) is 4.74 Å². The minimum Gasteiger partial charge on any atom is -0.497 e. The van der Waals surface area contributed by atoms with Crippen LogP contribution < -0.4 is 20.7 Å². The van der Waals surface area contributed by atoms with Gasteiger partial charge in [0.15, 0.2) is 0 Å². The van der Waals surface area contributed by atoms with Crippen LogP contribution in [0.15, 0.2) is 48.5 Å². The predicted octanol–water partition coefficient (Wildman–Crippen LogP) is 3.08. The van der Waals surface area contributed by atoms with E-state index in [0.29, 0.717) is 17.9 Å². The van der Waals surface area contributed by atoms with E-state index < -0.39 is 0 Å². The number of ether oxygens (including phenoxy) is 1. The SMILES string of the molecule is COc1cccc(C(CNC(=O)Nc2ccc(NC(C)=O)cc2)N(C)C)c1. The van der Waals surface area contributed by atoms with E-state index in [9.17, 15) is 9.59 Å². The summed E-state index contributed by atoms with van der Waals surface area (Å²) in [6.07, 6.45) is 0. The molecule has 2 aromatic carbocycles. The van der Waals surface area contributed by atoms with Gasteiger partial charge in [0.05, 0.1) is 13.2 Å². The Kier molecular flexibility index (Phi) is 7.19. The zero-order valence-corrected chi connectivity index (χ0v) is 16.1. The Bertz CT molecular complexity index is 775. The van der Waals surface area contributed by atoms with Crippen molar-refractivity contribution in [2.24, 2.45) is 0 Å². The first-order valence-electron chi connectivity index (χ1n) is 8.62. The Labute approximate surface area is 159 Å². The molecule has 0 heterocycles. The summed E-state index contributed by atoms with van der Waals surface area (Å²) < 4.78 is 5.28. The minimum atomic E-state index is -0.294. The number of nitrogens with one attached hydrogen (secondary N) is 3. The average Bonchev–Trinajstić information content (AvgIpc) is 2.63. The zero-order valence-electron chi connectivity index (χ0n) is 16.1. The van der Waals surface area contributed by atoms with E-state index in [1.54, 1.807) is 31.4 Å². The number of likely N-dealkylation sites (N-methyl/N-ethyl adjacent to an activating group) is 1. The van der Waals surface area contributed by atoms with Gasteiger partial charge in [-0.05, 0) is 56.1 Å². The monoisotopic (exact) mass is 370 g/mol. The lowest BCUT2D eigenvalue weighted by molar-refractivity contribution is -0.114. The van der Waals surface area contributed by atoms with Crippen molar-refractivity contribution in [3.05, 3.63) is 54.1 Å². The minimum absolute atomic E-state index is 0.00740. The van der Waals surface area contributed by atoms with Crippen LogP contribution in [-0.2, 0) is 4.79 Å². The van der Waals surface area contributed by atoms with Gasteiger partial charge >= 0.3 is 6.03 Å². The third kappa shape index (κ3) is 6.31. The maximum Gasteiger partial charge on any atom is 0.319 e. The van der Waals surface area contributed by atoms with E-state index in [1.165, 1.54) is 6.92 Å². The fourth-order valence-corrected chi connectivity index (χ4v) is 2.65. The maximum atomic E-state index is 12.2. The molecule has 0 aliphatic heterocycles. The molecule has 2 aromatic rings. The molecule has 0 aliphatic carbocycles. The third-order valence-corrected chi connectivity index (χ3v) is 4.02. The van der Waals surface area contributed by atoms with E-state index in [-0.39, 0.29) is 18.0 Å². The number of hydrogen-bond donors (Lipinski definition) is 3. The molecule has 3 N–H and O–H groups in total. The molecule has 2 rings (SSSR count). The van der Waals surface area contributed by atoms with Gasteiger partial charge in [0, 0.05) is 24.8 Å². The highest BCUT2D eigenvalue weighted by Gasteiger charge is 2.16. The van der Waals surface area contributed by atoms with Gasteiger partial charge in [-0.2, -0.15) is 0 Å². The molecule has 1 unspecified atom stereocenters. The summed E-state index contributed by atoms with van der Waals surface area (Å²) >= 11 is 0. The quantitative estimate of drug-likeness (QED) is 0.699. The number of carbonyl (C=O) groups excluding carboxylic acids is 2. The zero-order chi connectivity index (χ0) is 19.8. The second-order valence-corrected chi connectivity index (χ2v) is 6.35. The highest BCUT2D eigenvalue weighted by molar-refractivity contribution is 5.91. The molecule has 1 atom stereocenters. The molecule has 0 aliphatic rings. The molecular weight excluding hydrogens is 344 g/mol. The van der Waals surface area contributed by atoms with Crippen molar-refractivity contribution in [3.8, 4) is 5.75 Å². The number of methoxy groups -OCH3 is 1. The van der Waals surface area contributed by atoms with Crippen LogP contribution in [0.2, 0.25) is 0 Å². The van der Waals surface area contributed by atoms with E-state index in [0.717, 1.165) is 11.3 Å². The van der Waals surface area contributed by atoms with Gasteiger partial charge in [0.2, 0.25) is 5.91 Å². The summed E-state index contributed by atoms with van der Waals surface area (Å²) in [4.78, 5) is 25.3. The lowest BCUT2D eigenvalue weighted by atomic mass is 10.1. The number of rotatable bonds is 7. The third-order valence-electron chi connectivity index (χ3n) is 4.02. The second kappa shape index (κ2) is 9.59. The molecule has 144 valence electrons. The summed E-state index contributed by atoms with van der Waals surface area (Å²) in [7, 11) is 5.56. The number of nitrogens with zero attached hydrogens (tertiary/aromatic N) is 1. The van der Waals surface area contributed by atoms with E-state index in [2.05, 4.69) is 16.0 Å². The second-order valence-electron chi connectivity index (χ2n) is 6.35. The molecule has 0 spiro atoms. The van der Waals surface area contributed by atoms with Gasteiger partial charge in [-0.15, -0.1) is 0 Å². The standard InChI is InChI=1S/C20H26N4O3/c1-14(25)22-16-8-10-17(11-9-16)23-20(26)21-13-19(24(2)3)15-6-5-7-18(12-15)27-4/h5-12,19H,13H2,1-4H3,(H,22,25)(H2,21,23,26). The number of carbonyl (C=O) groups is 2. The molecule has 0 aromatic heterocycles. The van der Waals surface area contributed by atoms with Crippen molar-refractivity contribution in [1.29, 1.82) is 0 Å². The van der Waals surface area contributed by atoms with Crippen molar-refractivity contribution in [3.63, 3.8) is 0 Å². The molecule has 0 fully saturated rings. The Morgan fingerprint density at radius 2 is 1.67 bits per heavy atom. The topological polar surface area (TPSA) is 82.7 Å². The summed E-state index contributed by atoms with van der Waals surface area (Å²) in [5, 5.41) is 8.36. The highest BCUT2D eigenvalue weighted by atomic mass is 16.5. The highest BCUT2D eigenvalue weighted by Crippen LogP contribution is 2.22. The number of urea groups is 1. The van der Waals surface area contributed by atoms with Crippen LogP contribution in [0, 0.1) is 0 Å². The number of benzene rings is 2. The molecular formula is C20H26N4O3. The van der Waals surface area contributed by atoms with Gasteiger partial charge in [0.25, 0.3) is 0 Å². The Balaban J connectivity index is 1.94. The van der Waals surface area contributed by atoms with Crippen LogP contribution in [0.25, 0.3) is 0 Å². The summed E-state index contributed by atoms with van der Waals surface area (Å²) in [5.74, 6) is 0.642. The number of amides is 3. The maximum absolute atomic E-state index is 12.2. The molecule has 0 bridgehead atoms. The van der Waals surface area contributed by atoms with Gasteiger partial charge in [-0.25, -0.2) is 4.79 Å². The van der Waals surface area contributed by atoms with Crippen LogP contribution in [0.5, 0.6) is 5.75 Å². The summed E-state index contributed by atoms with van der Waals surface area (Å²) in [5.41, 5.74) is 2.38. The van der Waals surface area contributed by atoms with Crippen molar-refractivity contribution in [2.45, 2.75) is 13.0 Å². The van der Waals surface area contributed by atoms with Gasteiger partial charge in [-0.1, -0.05) is 12.1 Å². The molecule has 0 saturated heterocycles. The first kappa shape index (κ1) is 20.3. The fraction of sp³-hybridized carbons (Fsp3) is 0.300. The smallest absolute Gasteiger partial charge is 0.319 e. The molecule has 7 nitrogen and oxygen atoms in total. The van der Waals surface area contributed by atoms with Crippen molar-refractivity contribution in [2.75, 3.05) is 38.4 Å². The lowest BCUT2D eigenvalue weighted by Gasteiger charge is -2.25. The first-order chi connectivity index (χ1) is 12.9. The summed E-state index contributed by atoms with van der Waals surface area (Å²) in [6, 6.07) is 14.4. The predicted molar refractivity (Wildman–Crippen MR) is 107 cm³/mol. The van der Waals surface area contributed by atoms with Crippen molar-refractivity contribution >= 4 is 23.3 Å². The molecule has 3 amide bonds. The molecule has 7 heteroatoms.